The SMILES string of the molecule is CC[C@H](C)C(=O)N1CCC(NC(=O)Nc2ccc(OC(F)(F)F)c(C)c2)CC1. The Morgan fingerprint density at radius 1 is 1.29 bits per heavy atom. The van der Waals surface area contributed by atoms with Gasteiger partial charge in [0.1, 0.15) is 5.75 Å². The van der Waals surface area contributed by atoms with Crippen molar-refractivity contribution in [2.45, 2.75) is 52.4 Å². The minimum absolute atomic E-state index is 0.000319. The number of benzene rings is 1. The molecule has 1 heterocycles. The van der Waals surface area contributed by atoms with Crippen LogP contribution in [0.15, 0.2) is 18.2 Å². The zero-order valence-electron chi connectivity index (χ0n) is 16.2. The van der Waals surface area contributed by atoms with Crippen molar-refractivity contribution in [1.82, 2.24) is 10.2 Å². The fraction of sp³-hybridized carbons (Fsp3) is 0.579. The van der Waals surface area contributed by atoms with Gasteiger partial charge in [-0.2, -0.15) is 0 Å². The zero-order chi connectivity index (χ0) is 20.9. The van der Waals surface area contributed by atoms with Gasteiger partial charge in [-0.15, -0.1) is 13.2 Å². The number of ether oxygens (including phenoxy) is 1. The van der Waals surface area contributed by atoms with Crippen LogP contribution in [0, 0.1) is 12.8 Å². The molecule has 1 fully saturated rings. The summed E-state index contributed by atoms with van der Waals surface area (Å²) in [5.74, 6) is -0.167. The van der Waals surface area contributed by atoms with Crippen molar-refractivity contribution >= 4 is 17.6 Å². The van der Waals surface area contributed by atoms with Crippen molar-refractivity contribution < 1.29 is 27.5 Å². The number of likely N-dealkylation sites (tertiary alicyclic amines) is 1. The van der Waals surface area contributed by atoms with Crippen molar-refractivity contribution in [3.8, 4) is 5.75 Å². The molecular formula is C19H26F3N3O3. The van der Waals surface area contributed by atoms with Gasteiger partial charge >= 0.3 is 12.4 Å². The van der Waals surface area contributed by atoms with E-state index < -0.39 is 12.4 Å². The molecule has 0 aromatic heterocycles. The van der Waals surface area contributed by atoms with E-state index in [1.54, 1.807) is 0 Å². The first-order valence-corrected chi connectivity index (χ1v) is 9.31. The van der Waals surface area contributed by atoms with E-state index >= 15 is 0 Å². The summed E-state index contributed by atoms with van der Waals surface area (Å²) in [4.78, 5) is 26.2. The molecule has 9 heteroatoms. The highest BCUT2D eigenvalue weighted by Crippen LogP contribution is 2.28. The van der Waals surface area contributed by atoms with Gasteiger partial charge in [-0.05, 0) is 49.9 Å². The lowest BCUT2D eigenvalue weighted by Crippen LogP contribution is -2.48. The van der Waals surface area contributed by atoms with E-state index in [1.165, 1.54) is 19.1 Å². The molecule has 0 saturated carbocycles. The predicted octanol–water partition coefficient (Wildman–Crippen LogP) is 4.05. The third kappa shape index (κ3) is 6.31. The molecule has 2 N–H and O–H groups in total. The minimum Gasteiger partial charge on any atom is -0.406 e. The van der Waals surface area contributed by atoms with E-state index in [9.17, 15) is 22.8 Å². The number of carbonyl (C=O) groups is 2. The number of nitrogens with zero attached hydrogens (tertiary/aromatic N) is 1. The highest BCUT2D eigenvalue weighted by molar-refractivity contribution is 5.89. The molecule has 0 bridgehead atoms. The Morgan fingerprint density at radius 2 is 1.93 bits per heavy atom. The number of piperidine rings is 1. The van der Waals surface area contributed by atoms with Gasteiger partial charge in [0, 0.05) is 30.7 Å². The van der Waals surface area contributed by atoms with Gasteiger partial charge in [0.2, 0.25) is 5.91 Å². The number of alkyl halides is 3. The maximum Gasteiger partial charge on any atom is 0.573 e. The van der Waals surface area contributed by atoms with Gasteiger partial charge in [-0.1, -0.05) is 13.8 Å². The van der Waals surface area contributed by atoms with E-state index in [4.69, 9.17) is 0 Å². The largest absolute Gasteiger partial charge is 0.573 e. The second kappa shape index (κ2) is 9.16. The Bertz CT molecular complexity index is 701. The minimum atomic E-state index is -4.76. The average molecular weight is 401 g/mol. The van der Waals surface area contributed by atoms with Crippen LogP contribution in [-0.4, -0.2) is 42.3 Å². The second-order valence-corrected chi connectivity index (χ2v) is 7.04. The number of halogens is 3. The van der Waals surface area contributed by atoms with Crippen LogP contribution in [0.5, 0.6) is 5.75 Å². The third-order valence-corrected chi connectivity index (χ3v) is 4.83. The van der Waals surface area contributed by atoms with Gasteiger partial charge in [0.05, 0.1) is 0 Å². The van der Waals surface area contributed by atoms with E-state index in [0.717, 1.165) is 12.5 Å². The first kappa shape index (κ1) is 21.8. The number of hydrogen-bond donors (Lipinski definition) is 2. The summed E-state index contributed by atoms with van der Waals surface area (Å²) in [6.07, 6.45) is -2.64. The topological polar surface area (TPSA) is 70.7 Å². The Hall–Kier alpha value is -2.45. The number of rotatable bonds is 5. The van der Waals surface area contributed by atoms with Crippen LogP contribution in [0.4, 0.5) is 23.7 Å². The van der Waals surface area contributed by atoms with Gasteiger partial charge < -0.3 is 20.3 Å². The molecular weight excluding hydrogens is 375 g/mol. The lowest BCUT2D eigenvalue weighted by molar-refractivity contribution is -0.274. The standard InChI is InChI=1S/C19H26F3N3O3/c1-4-12(2)17(26)25-9-7-14(8-10-25)23-18(27)24-15-5-6-16(13(3)11-15)28-19(20,21)22/h5-6,11-12,14H,4,7-10H2,1-3H3,(H2,23,24,27)/t12-/m0/s1. The van der Waals surface area contributed by atoms with E-state index in [1.807, 2.05) is 18.7 Å². The summed E-state index contributed by atoms with van der Waals surface area (Å²) in [6.45, 7) is 6.54. The molecule has 1 atom stereocenters. The van der Waals surface area contributed by atoms with Crippen LogP contribution in [0.2, 0.25) is 0 Å². The molecule has 1 aromatic carbocycles. The Balaban J connectivity index is 1.83. The highest BCUT2D eigenvalue weighted by Gasteiger charge is 2.31. The molecule has 3 amide bonds. The summed E-state index contributed by atoms with van der Waals surface area (Å²) < 4.78 is 40.8. The summed E-state index contributed by atoms with van der Waals surface area (Å²) in [6, 6.07) is 3.43. The van der Waals surface area contributed by atoms with Gasteiger partial charge in [-0.3, -0.25) is 4.79 Å². The first-order chi connectivity index (χ1) is 13.1. The van der Waals surface area contributed by atoms with Crippen molar-refractivity contribution in [3.05, 3.63) is 23.8 Å². The number of nitrogens with one attached hydrogen (secondary N) is 2. The average Bonchev–Trinajstić information content (AvgIpc) is 2.62. The molecule has 6 nitrogen and oxygen atoms in total. The maximum absolute atomic E-state index is 12.3. The fourth-order valence-corrected chi connectivity index (χ4v) is 3.05. The lowest BCUT2D eigenvalue weighted by Gasteiger charge is -2.33. The van der Waals surface area contributed by atoms with Crippen LogP contribution in [0.1, 0.15) is 38.7 Å². The number of aryl methyl sites for hydroxylation is 1. The van der Waals surface area contributed by atoms with Crippen LogP contribution >= 0.6 is 0 Å². The Kier molecular flexibility index (Phi) is 7.15. The fourth-order valence-electron chi connectivity index (χ4n) is 3.05. The lowest BCUT2D eigenvalue weighted by atomic mass is 10.0. The summed E-state index contributed by atoms with van der Waals surface area (Å²) in [5.41, 5.74) is 0.626. The van der Waals surface area contributed by atoms with Crippen molar-refractivity contribution in [2.24, 2.45) is 5.92 Å². The highest BCUT2D eigenvalue weighted by atomic mass is 19.4. The number of amides is 3. The number of anilines is 1. The molecule has 1 aliphatic rings. The third-order valence-electron chi connectivity index (χ3n) is 4.83. The normalized spacial score (nSPS) is 16.4. The molecule has 0 unspecified atom stereocenters. The number of hydrogen-bond acceptors (Lipinski definition) is 3. The number of carbonyl (C=O) groups excluding carboxylic acids is 2. The van der Waals surface area contributed by atoms with Gasteiger partial charge in [-0.25, -0.2) is 4.79 Å². The van der Waals surface area contributed by atoms with Crippen LogP contribution in [0.3, 0.4) is 0 Å². The molecule has 1 saturated heterocycles. The van der Waals surface area contributed by atoms with E-state index in [2.05, 4.69) is 15.4 Å². The summed E-state index contributed by atoms with van der Waals surface area (Å²) >= 11 is 0. The first-order valence-electron chi connectivity index (χ1n) is 9.31. The van der Waals surface area contributed by atoms with Crippen LogP contribution in [-0.2, 0) is 4.79 Å². The van der Waals surface area contributed by atoms with Gasteiger partial charge in [0.15, 0.2) is 0 Å². The monoisotopic (exact) mass is 401 g/mol. The van der Waals surface area contributed by atoms with Crippen molar-refractivity contribution in [2.75, 3.05) is 18.4 Å². The Morgan fingerprint density at radius 3 is 2.46 bits per heavy atom. The molecule has 156 valence electrons. The molecule has 2 rings (SSSR count). The molecule has 0 spiro atoms. The van der Waals surface area contributed by atoms with E-state index in [0.29, 0.717) is 31.6 Å². The van der Waals surface area contributed by atoms with Crippen LogP contribution in [0.25, 0.3) is 0 Å². The van der Waals surface area contributed by atoms with Crippen molar-refractivity contribution in [3.63, 3.8) is 0 Å². The molecule has 1 aromatic rings. The maximum atomic E-state index is 12.3. The molecule has 28 heavy (non-hydrogen) atoms. The summed E-state index contributed by atoms with van der Waals surface area (Å²) in [5, 5.41) is 5.46. The number of urea groups is 1. The molecule has 0 radical (unpaired) electrons. The zero-order valence-corrected chi connectivity index (χ0v) is 16.2. The molecule has 0 aliphatic carbocycles. The van der Waals surface area contributed by atoms with Crippen LogP contribution < -0.4 is 15.4 Å². The predicted molar refractivity (Wildman–Crippen MR) is 99.1 cm³/mol. The quantitative estimate of drug-likeness (QED) is 0.782. The van der Waals surface area contributed by atoms with Gasteiger partial charge in [0.25, 0.3) is 0 Å². The Labute approximate surface area is 162 Å². The van der Waals surface area contributed by atoms with E-state index in [-0.39, 0.29) is 29.2 Å². The second-order valence-electron chi connectivity index (χ2n) is 7.04. The molecule has 1 aliphatic heterocycles. The smallest absolute Gasteiger partial charge is 0.406 e. The summed E-state index contributed by atoms with van der Waals surface area (Å²) in [7, 11) is 0. The van der Waals surface area contributed by atoms with Crippen molar-refractivity contribution in [1.29, 1.82) is 0 Å².